The molecule has 2 N–H and O–H groups in total. The summed E-state index contributed by atoms with van der Waals surface area (Å²) in [5.74, 6) is 0.204. The number of anilines is 1. The van der Waals surface area contributed by atoms with Gasteiger partial charge in [-0.3, -0.25) is 9.59 Å². The molecule has 0 saturated heterocycles. The van der Waals surface area contributed by atoms with E-state index in [1.807, 2.05) is 24.3 Å². The van der Waals surface area contributed by atoms with Gasteiger partial charge in [0.15, 0.2) is 5.78 Å². The maximum atomic E-state index is 12.6. The fourth-order valence-electron chi connectivity index (χ4n) is 3.17. The minimum atomic E-state index is -0.247. The smallest absolute Gasteiger partial charge is 0.251 e. The first-order valence-electron chi connectivity index (χ1n) is 8.66. The van der Waals surface area contributed by atoms with Crippen LogP contribution in [-0.2, 0) is 0 Å². The van der Waals surface area contributed by atoms with Gasteiger partial charge >= 0.3 is 0 Å². The van der Waals surface area contributed by atoms with E-state index >= 15 is 0 Å². The van der Waals surface area contributed by atoms with Gasteiger partial charge in [-0.1, -0.05) is 53.5 Å². The van der Waals surface area contributed by atoms with Crippen molar-refractivity contribution in [3.8, 4) is 11.1 Å². The fourth-order valence-corrected chi connectivity index (χ4v) is 3.62. The van der Waals surface area contributed by atoms with Gasteiger partial charge in [-0.2, -0.15) is 0 Å². The maximum Gasteiger partial charge on any atom is 0.251 e. The molecule has 1 amide bonds. The Morgan fingerprint density at radius 3 is 2.46 bits per heavy atom. The summed E-state index contributed by atoms with van der Waals surface area (Å²) in [7, 11) is 0. The zero-order chi connectivity index (χ0) is 19.7. The summed E-state index contributed by atoms with van der Waals surface area (Å²) in [6, 6.07) is 14.3. The number of carbonyl (C=O) groups is 2. The number of rotatable bonds is 5. The molecule has 1 aliphatic carbocycles. The Balaban J connectivity index is 1.39. The summed E-state index contributed by atoms with van der Waals surface area (Å²) in [5, 5.41) is 6.72. The third-order valence-corrected chi connectivity index (χ3v) is 4.99. The van der Waals surface area contributed by atoms with Gasteiger partial charge in [-0.05, 0) is 29.3 Å². The molecule has 2 aromatic carbocycles. The van der Waals surface area contributed by atoms with Crippen molar-refractivity contribution in [2.24, 2.45) is 0 Å². The second kappa shape index (κ2) is 7.62. The number of nitrogens with one attached hydrogen (secondary N) is 2. The van der Waals surface area contributed by atoms with Crippen LogP contribution in [0.25, 0.3) is 11.1 Å². The molecule has 3 aromatic rings. The van der Waals surface area contributed by atoms with E-state index < -0.39 is 0 Å². The van der Waals surface area contributed by atoms with Gasteiger partial charge in [-0.25, -0.2) is 4.98 Å². The lowest BCUT2D eigenvalue weighted by Crippen LogP contribution is -2.29. The van der Waals surface area contributed by atoms with Gasteiger partial charge in [0.2, 0.25) is 0 Å². The molecular formula is C21H15Cl2N3O2. The zero-order valence-electron chi connectivity index (χ0n) is 14.6. The van der Waals surface area contributed by atoms with E-state index in [2.05, 4.69) is 15.6 Å². The summed E-state index contributed by atoms with van der Waals surface area (Å²) in [6.45, 7) is 0.806. The molecular weight excluding hydrogens is 397 g/mol. The summed E-state index contributed by atoms with van der Waals surface area (Å²) in [5.41, 5.74) is 3.45. The first-order valence-corrected chi connectivity index (χ1v) is 9.41. The van der Waals surface area contributed by atoms with Crippen molar-refractivity contribution < 1.29 is 9.59 Å². The van der Waals surface area contributed by atoms with Crippen molar-refractivity contribution >= 4 is 40.7 Å². The van der Waals surface area contributed by atoms with Gasteiger partial charge in [0.05, 0.1) is 10.0 Å². The van der Waals surface area contributed by atoms with E-state index in [1.165, 1.54) is 6.20 Å². The number of pyridine rings is 1. The molecule has 140 valence electrons. The van der Waals surface area contributed by atoms with Crippen LogP contribution in [-0.4, -0.2) is 29.8 Å². The average molecular weight is 412 g/mol. The Hall–Kier alpha value is -2.89. The monoisotopic (exact) mass is 411 g/mol. The standard InChI is InChI=1S/C21H15Cl2N3O2/c22-13-10-18(23)20(26-11-13)24-7-8-25-21(28)12-5-6-15-14-3-1-2-4-16(14)19(27)17(15)9-12/h1-6,9-11H,7-8H2,(H,24,26)(H,25,28). The van der Waals surface area contributed by atoms with Crippen LogP contribution in [0.3, 0.4) is 0 Å². The van der Waals surface area contributed by atoms with Crippen molar-refractivity contribution in [1.29, 1.82) is 0 Å². The fraction of sp³-hybridized carbons (Fsp3) is 0.0952. The van der Waals surface area contributed by atoms with Gasteiger partial charge < -0.3 is 10.6 Å². The topological polar surface area (TPSA) is 71.1 Å². The highest BCUT2D eigenvalue weighted by Crippen LogP contribution is 2.36. The van der Waals surface area contributed by atoms with Crippen LogP contribution in [0.2, 0.25) is 10.0 Å². The molecule has 4 rings (SSSR count). The molecule has 0 unspecified atom stereocenters. The van der Waals surface area contributed by atoms with Crippen LogP contribution >= 0.6 is 23.2 Å². The lowest BCUT2D eigenvalue weighted by atomic mass is 10.0. The van der Waals surface area contributed by atoms with Gasteiger partial charge in [0, 0.05) is 36.0 Å². The van der Waals surface area contributed by atoms with Gasteiger partial charge in [0.25, 0.3) is 5.91 Å². The number of carbonyl (C=O) groups excluding carboxylic acids is 2. The molecule has 0 aliphatic heterocycles. The Morgan fingerprint density at radius 1 is 0.929 bits per heavy atom. The highest BCUT2D eigenvalue weighted by Gasteiger charge is 2.26. The van der Waals surface area contributed by atoms with Crippen molar-refractivity contribution in [3.63, 3.8) is 0 Å². The normalized spacial score (nSPS) is 11.7. The lowest BCUT2D eigenvalue weighted by molar-refractivity contribution is 0.0955. The van der Waals surface area contributed by atoms with E-state index in [0.717, 1.165) is 11.1 Å². The van der Waals surface area contributed by atoms with Crippen LogP contribution in [0.5, 0.6) is 0 Å². The summed E-state index contributed by atoms with van der Waals surface area (Å²) in [4.78, 5) is 29.1. The SMILES string of the molecule is O=C(NCCNc1ncc(Cl)cc1Cl)c1ccc2c(c1)C(=O)c1ccccc1-2. The van der Waals surface area contributed by atoms with E-state index in [1.54, 1.807) is 24.3 Å². The number of ketones is 1. The predicted octanol–water partition coefficient (Wildman–Crippen LogP) is 4.44. The number of hydrogen-bond acceptors (Lipinski definition) is 4. The van der Waals surface area contributed by atoms with Gasteiger partial charge in [0.1, 0.15) is 5.82 Å². The molecule has 0 saturated carbocycles. The van der Waals surface area contributed by atoms with Crippen LogP contribution in [0, 0.1) is 0 Å². The third kappa shape index (κ3) is 3.46. The summed E-state index contributed by atoms with van der Waals surface area (Å²) >= 11 is 11.9. The number of nitrogens with zero attached hydrogens (tertiary/aromatic N) is 1. The number of amides is 1. The van der Waals surface area contributed by atoms with Crippen LogP contribution in [0.1, 0.15) is 26.3 Å². The molecule has 1 aliphatic rings. The zero-order valence-corrected chi connectivity index (χ0v) is 16.1. The van der Waals surface area contributed by atoms with Crippen molar-refractivity contribution in [1.82, 2.24) is 10.3 Å². The Labute approximate surface area is 171 Å². The second-order valence-electron chi connectivity index (χ2n) is 6.30. The van der Waals surface area contributed by atoms with Crippen molar-refractivity contribution in [3.05, 3.63) is 81.5 Å². The van der Waals surface area contributed by atoms with Crippen LogP contribution in [0.4, 0.5) is 5.82 Å². The molecule has 1 heterocycles. The molecule has 7 heteroatoms. The average Bonchev–Trinajstić information content (AvgIpc) is 2.99. The highest BCUT2D eigenvalue weighted by molar-refractivity contribution is 6.35. The largest absolute Gasteiger partial charge is 0.367 e. The minimum Gasteiger partial charge on any atom is -0.367 e. The first-order chi connectivity index (χ1) is 13.5. The van der Waals surface area contributed by atoms with E-state index in [4.69, 9.17) is 23.2 Å². The van der Waals surface area contributed by atoms with Crippen molar-refractivity contribution in [2.45, 2.75) is 0 Å². The Kier molecular flexibility index (Phi) is 5.03. The summed E-state index contributed by atoms with van der Waals surface area (Å²) < 4.78 is 0. The predicted molar refractivity (Wildman–Crippen MR) is 110 cm³/mol. The highest BCUT2D eigenvalue weighted by atomic mass is 35.5. The van der Waals surface area contributed by atoms with Gasteiger partial charge in [-0.15, -0.1) is 0 Å². The summed E-state index contributed by atoms with van der Waals surface area (Å²) in [6.07, 6.45) is 1.49. The number of fused-ring (bicyclic) bond motifs is 3. The number of halogens is 2. The number of hydrogen-bond donors (Lipinski definition) is 2. The third-order valence-electron chi connectivity index (χ3n) is 4.50. The number of benzene rings is 2. The molecule has 5 nitrogen and oxygen atoms in total. The lowest BCUT2D eigenvalue weighted by Gasteiger charge is -2.09. The second-order valence-corrected chi connectivity index (χ2v) is 7.15. The van der Waals surface area contributed by atoms with E-state index in [-0.39, 0.29) is 11.7 Å². The molecule has 0 spiro atoms. The molecule has 28 heavy (non-hydrogen) atoms. The molecule has 0 bridgehead atoms. The van der Waals surface area contributed by atoms with Crippen LogP contribution < -0.4 is 10.6 Å². The molecule has 1 aromatic heterocycles. The minimum absolute atomic E-state index is 0.0506. The Bertz CT molecular complexity index is 1100. The maximum absolute atomic E-state index is 12.6. The quantitative estimate of drug-likeness (QED) is 0.476. The van der Waals surface area contributed by atoms with Crippen molar-refractivity contribution in [2.75, 3.05) is 18.4 Å². The Morgan fingerprint density at radius 2 is 1.68 bits per heavy atom. The van der Waals surface area contributed by atoms with E-state index in [9.17, 15) is 9.59 Å². The van der Waals surface area contributed by atoms with Crippen LogP contribution in [0.15, 0.2) is 54.7 Å². The molecule has 0 fully saturated rings. The first kappa shape index (κ1) is 18.5. The molecule has 0 atom stereocenters. The number of aromatic nitrogens is 1. The molecule has 0 radical (unpaired) electrons. The van der Waals surface area contributed by atoms with E-state index in [0.29, 0.717) is 45.6 Å².